The van der Waals surface area contributed by atoms with E-state index in [1.807, 2.05) is 31.2 Å². The summed E-state index contributed by atoms with van der Waals surface area (Å²) in [7, 11) is -2.30. The fraction of sp³-hybridized carbons (Fsp3) is 0.250. The summed E-state index contributed by atoms with van der Waals surface area (Å²) in [6.07, 6.45) is 5.69. The maximum Gasteiger partial charge on any atom is 0.348 e. The van der Waals surface area contributed by atoms with E-state index in [0.29, 0.717) is 6.61 Å². The molecule has 0 bridgehead atoms. The van der Waals surface area contributed by atoms with Crippen molar-refractivity contribution in [3.05, 3.63) is 104 Å². The van der Waals surface area contributed by atoms with Crippen LogP contribution in [0.1, 0.15) is 32.6 Å². The molecule has 0 spiro atoms. The number of carbonyl (C=O) groups is 1. The number of benzene rings is 3. The van der Waals surface area contributed by atoms with Gasteiger partial charge in [0.15, 0.2) is 5.66 Å². The molecule has 31 heavy (non-hydrogen) atoms. The lowest BCUT2D eigenvalue weighted by Crippen LogP contribution is -2.43. The van der Waals surface area contributed by atoms with E-state index in [1.54, 1.807) is 0 Å². The van der Waals surface area contributed by atoms with Crippen molar-refractivity contribution in [2.24, 2.45) is 0 Å². The van der Waals surface area contributed by atoms with Gasteiger partial charge in [-0.3, -0.25) is 0 Å². The summed E-state index contributed by atoms with van der Waals surface area (Å²) in [5.74, 6) is -0.0917. The van der Waals surface area contributed by atoms with Crippen LogP contribution in [-0.4, -0.2) is 18.2 Å². The molecule has 3 aromatic carbocycles. The van der Waals surface area contributed by atoms with Gasteiger partial charge < -0.3 is 4.74 Å². The quantitative estimate of drug-likeness (QED) is 0.170. The minimum absolute atomic E-state index is 0.0917. The molecule has 0 saturated carbocycles. The molecule has 2 nitrogen and oxygen atoms in total. The van der Waals surface area contributed by atoms with E-state index >= 15 is 0 Å². The van der Waals surface area contributed by atoms with E-state index in [1.165, 1.54) is 15.9 Å². The Morgan fingerprint density at radius 2 is 1.29 bits per heavy atom. The zero-order valence-electron chi connectivity index (χ0n) is 18.3. The Morgan fingerprint density at radius 1 is 0.839 bits per heavy atom. The van der Waals surface area contributed by atoms with Crippen LogP contribution in [0.15, 0.2) is 104 Å². The van der Waals surface area contributed by atoms with Gasteiger partial charge in [-0.2, -0.15) is 0 Å². The third-order valence-electron chi connectivity index (χ3n) is 5.65. The second-order valence-corrected chi connectivity index (χ2v) is 11.2. The summed E-state index contributed by atoms with van der Waals surface area (Å²) >= 11 is 0. The first-order valence-electron chi connectivity index (χ1n) is 11.1. The highest BCUT2D eigenvalue weighted by atomic mass is 31.2. The van der Waals surface area contributed by atoms with Crippen LogP contribution in [0.4, 0.5) is 0 Å². The molecular weight excluding hydrogens is 399 g/mol. The van der Waals surface area contributed by atoms with E-state index in [9.17, 15) is 4.79 Å². The number of allylic oxidation sites excluding steroid dienone is 1. The third-order valence-corrected chi connectivity index (χ3v) is 10.4. The molecular formula is C28H32O2P+. The monoisotopic (exact) mass is 431 g/mol. The normalized spacial score (nSPS) is 12.2. The van der Waals surface area contributed by atoms with Gasteiger partial charge in [0.05, 0.1) is 6.61 Å². The van der Waals surface area contributed by atoms with Crippen molar-refractivity contribution in [2.45, 2.75) is 38.3 Å². The Bertz CT molecular complexity index is 842. The Morgan fingerprint density at radius 3 is 1.68 bits per heavy atom. The molecule has 0 aliphatic rings. The molecule has 3 heteroatoms. The zero-order valence-corrected chi connectivity index (χ0v) is 19.2. The number of unbranched alkanes of at least 4 members (excludes halogenated alkanes) is 2. The number of hydrogen-bond donors (Lipinski definition) is 0. The zero-order chi connectivity index (χ0) is 21.9. The van der Waals surface area contributed by atoms with Crippen molar-refractivity contribution in [2.75, 3.05) is 6.61 Å². The fourth-order valence-electron chi connectivity index (χ4n) is 4.31. The number of esters is 1. The van der Waals surface area contributed by atoms with Crippen LogP contribution in [-0.2, 0) is 9.53 Å². The second-order valence-electron chi connectivity index (χ2n) is 7.57. The molecule has 0 aliphatic carbocycles. The smallest absolute Gasteiger partial charge is 0.348 e. The van der Waals surface area contributed by atoms with E-state index in [0.717, 1.165) is 25.7 Å². The molecule has 0 aromatic heterocycles. The summed E-state index contributed by atoms with van der Waals surface area (Å²) < 4.78 is 5.70. The van der Waals surface area contributed by atoms with E-state index in [2.05, 4.69) is 79.4 Å². The van der Waals surface area contributed by atoms with Crippen molar-refractivity contribution >= 4 is 29.1 Å². The second kappa shape index (κ2) is 11.6. The van der Waals surface area contributed by atoms with Crippen LogP contribution in [0.2, 0.25) is 0 Å². The first kappa shape index (κ1) is 23.0. The SMILES string of the molecule is C=CCCCCC(C(=O)OCC)[P+](c1ccccc1)(c1ccccc1)c1ccccc1. The summed E-state index contributed by atoms with van der Waals surface area (Å²) in [6, 6.07) is 31.7. The number of rotatable bonds is 11. The van der Waals surface area contributed by atoms with Crippen molar-refractivity contribution in [3.63, 3.8) is 0 Å². The molecule has 0 amide bonds. The topological polar surface area (TPSA) is 26.3 Å². The lowest BCUT2D eigenvalue weighted by Gasteiger charge is -2.33. The Labute approximate surface area is 187 Å². The molecule has 3 aromatic rings. The van der Waals surface area contributed by atoms with Crippen LogP contribution in [0.3, 0.4) is 0 Å². The van der Waals surface area contributed by atoms with Gasteiger partial charge in [0.2, 0.25) is 0 Å². The lowest BCUT2D eigenvalue weighted by atomic mass is 10.1. The van der Waals surface area contributed by atoms with E-state index in [-0.39, 0.29) is 11.6 Å². The lowest BCUT2D eigenvalue weighted by molar-refractivity contribution is -0.142. The van der Waals surface area contributed by atoms with Crippen LogP contribution in [0, 0.1) is 0 Å². The maximum absolute atomic E-state index is 13.6. The Hall–Kier alpha value is -2.70. The number of ether oxygens (including phenoxy) is 1. The van der Waals surface area contributed by atoms with Gasteiger partial charge in [-0.15, -0.1) is 6.58 Å². The molecule has 0 aliphatic heterocycles. The largest absolute Gasteiger partial charge is 0.463 e. The highest BCUT2D eigenvalue weighted by molar-refractivity contribution is 7.96. The van der Waals surface area contributed by atoms with Gasteiger partial charge in [0, 0.05) is 0 Å². The first-order chi connectivity index (χ1) is 15.2. The van der Waals surface area contributed by atoms with Gasteiger partial charge in [-0.05, 0) is 69.0 Å². The first-order valence-corrected chi connectivity index (χ1v) is 12.9. The third kappa shape index (κ3) is 5.14. The molecule has 0 fully saturated rings. The van der Waals surface area contributed by atoms with Crippen LogP contribution >= 0.6 is 7.26 Å². The molecule has 0 saturated heterocycles. The standard InChI is InChI=1S/C28H32O2P/c1-3-5-6-16-23-27(28(29)30-4-2)31(24-17-10-7-11-18-24,25-19-12-8-13-20-25)26-21-14-9-15-22-26/h3,7-15,17-22,27H,1,4-6,16,23H2,2H3/q+1. The van der Waals surface area contributed by atoms with Gasteiger partial charge in [0.25, 0.3) is 0 Å². The van der Waals surface area contributed by atoms with Crippen molar-refractivity contribution in [1.82, 2.24) is 0 Å². The molecule has 0 radical (unpaired) electrons. The van der Waals surface area contributed by atoms with E-state index < -0.39 is 7.26 Å². The van der Waals surface area contributed by atoms with Gasteiger partial charge in [-0.25, -0.2) is 4.79 Å². The van der Waals surface area contributed by atoms with Gasteiger partial charge in [0.1, 0.15) is 23.2 Å². The predicted octanol–water partition coefficient (Wildman–Crippen LogP) is 5.66. The highest BCUT2D eigenvalue weighted by Gasteiger charge is 2.55. The molecule has 160 valence electrons. The van der Waals surface area contributed by atoms with Crippen molar-refractivity contribution in [3.8, 4) is 0 Å². The minimum atomic E-state index is -2.30. The summed E-state index contributed by atoms with van der Waals surface area (Å²) in [5.41, 5.74) is -0.232. The molecule has 0 heterocycles. The minimum Gasteiger partial charge on any atom is -0.463 e. The molecule has 0 N–H and O–H groups in total. The highest BCUT2D eigenvalue weighted by Crippen LogP contribution is 2.61. The molecule has 1 atom stereocenters. The summed E-state index contributed by atoms with van der Waals surface area (Å²) in [4.78, 5) is 13.6. The molecule has 3 rings (SSSR count). The average Bonchev–Trinajstić information content (AvgIpc) is 2.83. The van der Waals surface area contributed by atoms with Crippen LogP contribution in [0.5, 0.6) is 0 Å². The van der Waals surface area contributed by atoms with Crippen LogP contribution in [0.25, 0.3) is 0 Å². The summed E-state index contributed by atoms with van der Waals surface area (Å²) in [5, 5.41) is 3.65. The van der Waals surface area contributed by atoms with Crippen molar-refractivity contribution in [1.29, 1.82) is 0 Å². The molecule has 1 unspecified atom stereocenters. The predicted molar refractivity (Wildman–Crippen MR) is 134 cm³/mol. The van der Waals surface area contributed by atoms with Crippen LogP contribution < -0.4 is 15.9 Å². The Balaban J connectivity index is 2.27. The van der Waals surface area contributed by atoms with E-state index in [4.69, 9.17) is 4.74 Å². The van der Waals surface area contributed by atoms with Gasteiger partial charge >= 0.3 is 5.97 Å². The van der Waals surface area contributed by atoms with Crippen molar-refractivity contribution < 1.29 is 9.53 Å². The summed E-state index contributed by atoms with van der Waals surface area (Å²) in [6.45, 7) is 6.13. The van der Waals surface area contributed by atoms with Gasteiger partial charge in [-0.1, -0.05) is 60.7 Å². The maximum atomic E-state index is 13.6. The number of hydrogen-bond acceptors (Lipinski definition) is 2. The Kier molecular flexibility index (Phi) is 8.62. The number of carbonyl (C=O) groups excluding carboxylic acids is 1. The average molecular weight is 432 g/mol. The fourth-order valence-corrected chi connectivity index (χ4v) is 9.17.